The van der Waals surface area contributed by atoms with Gasteiger partial charge in [0.25, 0.3) is 0 Å². The van der Waals surface area contributed by atoms with E-state index in [2.05, 4.69) is 22.9 Å². The Morgan fingerprint density at radius 1 is 0.879 bits per heavy atom. The Morgan fingerprint density at radius 3 is 2.12 bits per heavy atom. The molecule has 0 rings (SSSR count). The molecule has 0 aromatic carbocycles. The summed E-state index contributed by atoms with van der Waals surface area (Å²) in [6.07, 6.45) is 5.40. The number of esters is 1. The second-order valence-corrected chi connectivity index (χ2v) is 8.20. The summed E-state index contributed by atoms with van der Waals surface area (Å²) >= 11 is 0. The third kappa shape index (κ3) is 14.9. The first-order chi connectivity index (χ1) is 15.6. The molecule has 0 heterocycles. The molecule has 0 spiro atoms. The number of rotatable bonds is 18. The van der Waals surface area contributed by atoms with Crippen molar-refractivity contribution in [2.75, 3.05) is 13.2 Å². The van der Waals surface area contributed by atoms with Gasteiger partial charge in [-0.15, -0.1) is 0 Å². The molecule has 3 atom stereocenters. The highest BCUT2D eigenvalue weighted by Gasteiger charge is 2.23. The van der Waals surface area contributed by atoms with Gasteiger partial charge in [-0.1, -0.05) is 46.5 Å². The van der Waals surface area contributed by atoms with Gasteiger partial charge in [-0.3, -0.25) is 14.4 Å². The normalized spacial score (nSPS) is 13.3. The van der Waals surface area contributed by atoms with Crippen LogP contribution in [-0.2, 0) is 28.7 Å². The Bertz CT molecular complexity index is 640. The van der Waals surface area contributed by atoms with E-state index in [1.54, 1.807) is 0 Å². The predicted octanol–water partition coefficient (Wildman–Crippen LogP) is 1.91. The van der Waals surface area contributed by atoms with E-state index in [1.165, 1.54) is 6.92 Å². The molecule has 10 heteroatoms. The number of carboxylic acids is 1. The van der Waals surface area contributed by atoms with Gasteiger partial charge in [-0.05, 0) is 32.1 Å². The summed E-state index contributed by atoms with van der Waals surface area (Å²) in [5, 5.41) is 16.7. The lowest BCUT2D eigenvalue weighted by atomic mass is 9.95. The minimum Gasteiger partial charge on any atom is -0.480 e. The lowest BCUT2D eigenvalue weighted by Gasteiger charge is -2.18. The van der Waals surface area contributed by atoms with E-state index >= 15 is 0 Å². The molecule has 0 saturated heterocycles. The Kier molecular flexibility index (Phi) is 16.4. The van der Waals surface area contributed by atoms with Gasteiger partial charge in [0.15, 0.2) is 0 Å². The van der Waals surface area contributed by atoms with Gasteiger partial charge in [0.1, 0.15) is 12.1 Å². The molecule has 10 nitrogen and oxygen atoms in total. The maximum Gasteiger partial charge on any atom is 0.328 e. The highest BCUT2D eigenvalue weighted by molar-refractivity contribution is 5.88. The fraction of sp³-hybridized carbons (Fsp3) is 0.783. The molecule has 0 saturated carbocycles. The quantitative estimate of drug-likeness (QED) is 0.176. The summed E-state index contributed by atoms with van der Waals surface area (Å²) in [4.78, 5) is 59.3. The zero-order valence-electron chi connectivity index (χ0n) is 20.4. The van der Waals surface area contributed by atoms with Gasteiger partial charge >= 0.3 is 11.9 Å². The third-order valence-corrected chi connectivity index (χ3v) is 5.23. The van der Waals surface area contributed by atoms with Crippen molar-refractivity contribution in [1.82, 2.24) is 16.0 Å². The number of amides is 3. The van der Waals surface area contributed by atoms with Crippen LogP contribution in [0.5, 0.6) is 0 Å². The van der Waals surface area contributed by atoms with Crippen molar-refractivity contribution in [3.8, 4) is 0 Å². The van der Waals surface area contributed by atoms with Crippen molar-refractivity contribution in [3.63, 3.8) is 0 Å². The van der Waals surface area contributed by atoms with Crippen LogP contribution in [0.1, 0.15) is 85.5 Å². The fourth-order valence-corrected chi connectivity index (χ4v) is 3.05. The van der Waals surface area contributed by atoms with Gasteiger partial charge in [-0.25, -0.2) is 9.59 Å². The van der Waals surface area contributed by atoms with Crippen LogP contribution in [0.25, 0.3) is 0 Å². The maximum absolute atomic E-state index is 12.2. The summed E-state index contributed by atoms with van der Waals surface area (Å²) in [5.41, 5.74) is 0. The number of aliphatic carboxylic acids is 1. The van der Waals surface area contributed by atoms with Gasteiger partial charge in [0.05, 0.1) is 13.2 Å². The second kappa shape index (κ2) is 17.9. The standard InChI is InChI=1S/C23H41N3O7/c1-5-8-10-17(7-3)14-20(28)26-18(22(30)31)11-12-19(27)24-15-21(29)25-16(4)23(32)33-13-9-6-2/h16-18H,5-15H2,1-4H3,(H,24,27)(H,25,29)(H,26,28)(H,30,31)/t16-,17+,18-/m1/s1. The molecule has 190 valence electrons. The van der Waals surface area contributed by atoms with Crippen LogP contribution in [-0.4, -0.2) is 60.0 Å². The largest absolute Gasteiger partial charge is 0.480 e. The van der Waals surface area contributed by atoms with Crippen LogP contribution >= 0.6 is 0 Å². The molecule has 0 aliphatic rings. The van der Waals surface area contributed by atoms with E-state index in [-0.39, 0.29) is 44.2 Å². The summed E-state index contributed by atoms with van der Waals surface area (Å²) in [6.45, 7) is 7.45. The fourth-order valence-electron chi connectivity index (χ4n) is 3.05. The lowest BCUT2D eigenvalue weighted by Crippen LogP contribution is -2.45. The number of ether oxygens (including phenoxy) is 1. The van der Waals surface area contributed by atoms with Gasteiger partial charge in [0, 0.05) is 12.8 Å². The van der Waals surface area contributed by atoms with Crippen LogP contribution in [0.4, 0.5) is 0 Å². The van der Waals surface area contributed by atoms with Crippen LogP contribution in [0.3, 0.4) is 0 Å². The minimum absolute atomic E-state index is 0.0968. The lowest BCUT2D eigenvalue weighted by molar-refractivity contribution is -0.147. The molecule has 0 radical (unpaired) electrons. The average molecular weight is 472 g/mol. The number of nitrogens with one attached hydrogen (secondary N) is 3. The number of carbonyl (C=O) groups is 5. The molecule has 0 unspecified atom stereocenters. The number of hydrogen-bond acceptors (Lipinski definition) is 6. The molecule has 4 N–H and O–H groups in total. The molecular formula is C23H41N3O7. The zero-order valence-corrected chi connectivity index (χ0v) is 20.4. The molecular weight excluding hydrogens is 430 g/mol. The Morgan fingerprint density at radius 2 is 1.55 bits per heavy atom. The van der Waals surface area contributed by atoms with Crippen molar-refractivity contribution in [2.24, 2.45) is 5.92 Å². The van der Waals surface area contributed by atoms with Crippen molar-refractivity contribution in [1.29, 1.82) is 0 Å². The predicted molar refractivity (Wildman–Crippen MR) is 123 cm³/mol. The van der Waals surface area contributed by atoms with E-state index in [0.29, 0.717) is 0 Å². The van der Waals surface area contributed by atoms with E-state index < -0.39 is 35.8 Å². The minimum atomic E-state index is -1.22. The summed E-state index contributed by atoms with van der Waals surface area (Å²) in [5.74, 6) is -3.01. The Hall–Kier alpha value is -2.65. The van der Waals surface area contributed by atoms with Gasteiger partial charge in [-0.2, -0.15) is 0 Å². The zero-order chi connectivity index (χ0) is 25.2. The van der Waals surface area contributed by atoms with Crippen molar-refractivity contribution >= 4 is 29.7 Å². The van der Waals surface area contributed by atoms with E-state index in [4.69, 9.17) is 4.74 Å². The molecule has 0 fully saturated rings. The number of carboxylic acid groups (broad SMARTS) is 1. The SMILES string of the molecule is CCCCOC(=O)[C@@H](C)NC(=O)CNC(=O)CC[C@@H](NC(=O)C[C@@H](CC)CCCC)C(=O)O. The maximum atomic E-state index is 12.2. The van der Waals surface area contributed by atoms with Crippen molar-refractivity contribution in [2.45, 2.75) is 97.6 Å². The van der Waals surface area contributed by atoms with E-state index in [9.17, 15) is 29.1 Å². The molecule has 0 aliphatic heterocycles. The second-order valence-electron chi connectivity index (χ2n) is 8.20. The van der Waals surface area contributed by atoms with Gasteiger partial charge in [0.2, 0.25) is 17.7 Å². The molecule has 0 aliphatic carbocycles. The molecule has 33 heavy (non-hydrogen) atoms. The highest BCUT2D eigenvalue weighted by atomic mass is 16.5. The topological polar surface area (TPSA) is 151 Å². The van der Waals surface area contributed by atoms with E-state index in [1.807, 2.05) is 13.8 Å². The summed E-state index contributed by atoms with van der Waals surface area (Å²) in [6, 6.07) is -2.03. The van der Waals surface area contributed by atoms with E-state index in [0.717, 1.165) is 38.5 Å². The van der Waals surface area contributed by atoms with Crippen molar-refractivity contribution < 1.29 is 33.8 Å². The smallest absolute Gasteiger partial charge is 0.328 e. The number of hydrogen-bond donors (Lipinski definition) is 4. The number of carbonyl (C=O) groups excluding carboxylic acids is 4. The van der Waals surface area contributed by atoms with Gasteiger partial charge < -0.3 is 25.8 Å². The summed E-state index contributed by atoms with van der Waals surface area (Å²) < 4.78 is 5.01. The molecule has 0 aromatic rings. The van der Waals surface area contributed by atoms with Crippen molar-refractivity contribution in [3.05, 3.63) is 0 Å². The Balaban J connectivity index is 4.38. The summed E-state index contributed by atoms with van der Waals surface area (Å²) in [7, 11) is 0. The first-order valence-corrected chi connectivity index (χ1v) is 11.9. The average Bonchev–Trinajstić information content (AvgIpc) is 2.77. The first-order valence-electron chi connectivity index (χ1n) is 11.9. The van der Waals surface area contributed by atoms with Crippen LogP contribution in [0.2, 0.25) is 0 Å². The van der Waals surface area contributed by atoms with Crippen LogP contribution < -0.4 is 16.0 Å². The first kappa shape index (κ1) is 30.4. The third-order valence-electron chi connectivity index (χ3n) is 5.23. The molecule has 0 aromatic heterocycles. The Labute approximate surface area is 196 Å². The molecule has 3 amide bonds. The number of unbranched alkanes of at least 4 members (excludes halogenated alkanes) is 2. The van der Waals surface area contributed by atoms with Crippen LogP contribution in [0, 0.1) is 5.92 Å². The monoisotopic (exact) mass is 471 g/mol. The highest BCUT2D eigenvalue weighted by Crippen LogP contribution is 2.16. The van der Waals surface area contributed by atoms with Crippen LogP contribution in [0.15, 0.2) is 0 Å². The molecule has 0 bridgehead atoms.